The number of hydrogen-bond donors (Lipinski definition) is 1. The Morgan fingerprint density at radius 1 is 1.50 bits per heavy atom. The molecule has 0 spiro atoms. The Kier molecular flexibility index (Phi) is 2.93. The number of aryl methyl sites for hydroxylation is 1. The smallest absolute Gasteiger partial charge is 0.316 e. The van der Waals surface area contributed by atoms with E-state index < -0.39 is 0 Å². The number of hydrogen-bond acceptors (Lipinski definition) is 4. The third-order valence-electron chi connectivity index (χ3n) is 2.33. The van der Waals surface area contributed by atoms with Crippen molar-refractivity contribution in [1.29, 1.82) is 0 Å². The van der Waals surface area contributed by atoms with Gasteiger partial charge in [0.2, 0.25) is 0 Å². The molecule has 0 bridgehead atoms. The average molecular weight is 193 g/mol. The van der Waals surface area contributed by atoms with E-state index in [4.69, 9.17) is 4.74 Å². The van der Waals surface area contributed by atoms with Crippen LogP contribution in [0.3, 0.4) is 0 Å². The topological polar surface area (TPSA) is 47.0 Å². The van der Waals surface area contributed by atoms with Gasteiger partial charge in [-0.1, -0.05) is 0 Å². The van der Waals surface area contributed by atoms with Gasteiger partial charge in [-0.05, 0) is 31.9 Å². The molecule has 0 aliphatic carbocycles. The third kappa shape index (κ3) is 2.42. The van der Waals surface area contributed by atoms with Gasteiger partial charge >= 0.3 is 6.01 Å². The molecule has 0 aromatic carbocycles. The molecule has 1 aromatic heterocycles. The average Bonchev–Trinajstić information content (AvgIpc) is 2.70. The first-order chi connectivity index (χ1) is 6.84. The molecule has 76 valence electrons. The van der Waals surface area contributed by atoms with Gasteiger partial charge in [-0.25, -0.2) is 9.97 Å². The Balaban J connectivity index is 1.82. The molecular formula is C10H15N3O. The predicted octanol–water partition coefficient (Wildman–Crippen LogP) is 0.916. The van der Waals surface area contributed by atoms with Gasteiger partial charge in [-0.15, -0.1) is 0 Å². The number of nitrogens with one attached hydrogen (secondary N) is 1. The maximum absolute atomic E-state index is 5.46. The zero-order valence-corrected chi connectivity index (χ0v) is 8.36. The minimum atomic E-state index is 0.472. The third-order valence-corrected chi connectivity index (χ3v) is 2.33. The van der Waals surface area contributed by atoms with Gasteiger partial charge in [-0.3, -0.25) is 0 Å². The molecule has 1 unspecified atom stereocenters. The van der Waals surface area contributed by atoms with Crippen molar-refractivity contribution in [2.24, 2.45) is 0 Å². The maximum Gasteiger partial charge on any atom is 0.316 e. The van der Waals surface area contributed by atoms with Gasteiger partial charge in [0.25, 0.3) is 0 Å². The molecule has 0 amide bonds. The molecule has 0 radical (unpaired) electrons. The molecule has 1 aromatic rings. The molecule has 14 heavy (non-hydrogen) atoms. The van der Waals surface area contributed by atoms with Crippen LogP contribution in [0.2, 0.25) is 0 Å². The Hall–Kier alpha value is -1.16. The Morgan fingerprint density at radius 3 is 2.93 bits per heavy atom. The van der Waals surface area contributed by atoms with Crippen LogP contribution < -0.4 is 10.1 Å². The van der Waals surface area contributed by atoms with E-state index in [1.165, 1.54) is 12.8 Å². The van der Waals surface area contributed by atoms with Crippen LogP contribution in [0.1, 0.15) is 18.4 Å². The van der Waals surface area contributed by atoms with E-state index in [1.807, 2.05) is 6.92 Å². The quantitative estimate of drug-likeness (QED) is 0.775. The van der Waals surface area contributed by atoms with Crippen LogP contribution >= 0.6 is 0 Å². The van der Waals surface area contributed by atoms with Crippen molar-refractivity contribution in [3.63, 3.8) is 0 Å². The van der Waals surface area contributed by atoms with Crippen molar-refractivity contribution in [2.75, 3.05) is 13.2 Å². The summed E-state index contributed by atoms with van der Waals surface area (Å²) in [7, 11) is 0. The SMILES string of the molecule is Cc1cnc(OCC2CCCN2)nc1. The van der Waals surface area contributed by atoms with Crippen molar-refractivity contribution in [3.8, 4) is 6.01 Å². The van der Waals surface area contributed by atoms with E-state index in [0.29, 0.717) is 18.7 Å². The number of rotatable bonds is 3. The van der Waals surface area contributed by atoms with Crippen LogP contribution in [0, 0.1) is 6.92 Å². The van der Waals surface area contributed by atoms with Crippen LogP contribution in [0.15, 0.2) is 12.4 Å². The summed E-state index contributed by atoms with van der Waals surface area (Å²) in [4.78, 5) is 8.16. The number of nitrogens with zero attached hydrogens (tertiary/aromatic N) is 2. The predicted molar refractivity (Wildman–Crippen MR) is 53.3 cm³/mol. The summed E-state index contributed by atoms with van der Waals surface area (Å²) >= 11 is 0. The van der Waals surface area contributed by atoms with E-state index in [0.717, 1.165) is 12.1 Å². The van der Waals surface area contributed by atoms with Crippen molar-refractivity contribution < 1.29 is 4.74 Å². The summed E-state index contributed by atoms with van der Waals surface area (Å²) < 4.78 is 5.46. The second-order valence-corrected chi connectivity index (χ2v) is 3.65. The van der Waals surface area contributed by atoms with Gasteiger partial charge < -0.3 is 10.1 Å². The minimum Gasteiger partial charge on any atom is -0.462 e. The lowest BCUT2D eigenvalue weighted by molar-refractivity contribution is 0.257. The lowest BCUT2D eigenvalue weighted by Gasteiger charge is -2.10. The molecule has 4 heteroatoms. The number of ether oxygens (including phenoxy) is 1. The molecule has 1 aliphatic heterocycles. The van der Waals surface area contributed by atoms with Gasteiger partial charge in [0.15, 0.2) is 0 Å². The second kappa shape index (κ2) is 4.37. The van der Waals surface area contributed by atoms with Crippen LogP contribution in [-0.2, 0) is 0 Å². The molecule has 2 heterocycles. The highest BCUT2D eigenvalue weighted by atomic mass is 16.5. The zero-order chi connectivity index (χ0) is 9.80. The summed E-state index contributed by atoms with van der Waals surface area (Å²) in [5.41, 5.74) is 1.05. The Labute approximate surface area is 83.7 Å². The van der Waals surface area contributed by atoms with Crippen LogP contribution in [0.5, 0.6) is 6.01 Å². The first-order valence-corrected chi connectivity index (χ1v) is 4.99. The van der Waals surface area contributed by atoms with Crippen molar-refractivity contribution in [3.05, 3.63) is 18.0 Å². The lowest BCUT2D eigenvalue weighted by Crippen LogP contribution is -2.28. The zero-order valence-electron chi connectivity index (χ0n) is 8.36. The van der Waals surface area contributed by atoms with Gasteiger partial charge in [0.05, 0.1) is 0 Å². The van der Waals surface area contributed by atoms with Gasteiger partial charge in [0, 0.05) is 18.4 Å². The van der Waals surface area contributed by atoms with Gasteiger partial charge in [-0.2, -0.15) is 0 Å². The fourth-order valence-electron chi connectivity index (χ4n) is 1.53. The molecule has 0 saturated carbocycles. The lowest BCUT2D eigenvalue weighted by atomic mass is 10.2. The molecule has 4 nitrogen and oxygen atoms in total. The summed E-state index contributed by atoms with van der Waals surface area (Å²) in [5.74, 6) is 0. The van der Waals surface area contributed by atoms with E-state index in [9.17, 15) is 0 Å². The van der Waals surface area contributed by atoms with E-state index in [-0.39, 0.29) is 0 Å². The number of aromatic nitrogens is 2. The molecule has 2 rings (SSSR count). The molecule has 1 aliphatic rings. The Bertz CT molecular complexity index is 280. The molecule has 1 N–H and O–H groups in total. The molecular weight excluding hydrogens is 178 g/mol. The highest BCUT2D eigenvalue weighted by Crippen LogP contribution is 2.07. The van der Waals surface area contributed by atoms with Gasteiger partial charge in [0.1, 0.15) is 6.61 Å². The highest BCUT2D eigenvalue weighted by Gasteiger charge is 2.14. The van der Waals surface area contributed by atoms with E-state index in [1.54, 1.807) is 12.4 Å². The first kappa shape index (κ1) is 9.40. The largest absolute Gasteiger partial charge is 0.462 e. The fourth-order valence-corrected chi connectivity index (χ4v) is 1.53. The maximum atomic E-state index is 5.46. The van der Waals surface area contributed by atoms with Crippen molar-refractivity contribution in [2.45, 2.75) is 25.8 Å². The minimum absolute atomic E-state index is 0.472. The van der Waals surface area contributed by atoms with E-state index >= 15 is 0 Å². The molecule has 1 fully saturated rings. The highest BCUT2D eigenvalue weighted by molar-refractivity contribution is 5.04. The molecule has 1 atom stereocenters. The first-order valence-electron chi connectivity index (χ1n) is 4.99. The summed E-state index contributed by atoms with van der Waals surface area (Å²) in [6, 6.07) is 0.948. The summed E-state index contributed by atoms with van der Waals surface area (Å²) in [5, 5.41) is 3.36. The fraction of sp³-hybridized carbons (Fsp3) is 0.600. The molecule has 1 saturated heterocycles. The Morgan fingerprint density at radius 2 is 2.29 bits per heavy atom. The van der Waals surface area contributed by atoms with Crippen LogP contribution in [0.4, 0.5) is 0 Å². The standard InChI is InChI=1S/C10H15N3O/c1-8-5-12-10(13-6-8)14-7-9-3-2-4-11-9/h5-6,9,11H,2-4,7H2,1H3. The monoisotopic (exact) mass is 193 g/mol. The van der Waals surface area contributed by atoms with Crippen molar-refractivity contribution in [1.82, 2.24) is 15.3 Å². The van der Waals surface area contributed by atoms with Crippen molar-refractivity contribution >= 4 is 0 Å². The van der Waals surface area contributed by atoms with E-state index in [2.05, 4.69) is 15.3 Å². The second-order valence-electron chi connectivity index (χ2n) is 3.65. The summed E-state index contributed by atoms with van der Waals surface area (Å²) in [6.45, 7) is 3.73. The summed E-state index contributed by atoms with van der Waals surface area (Å²) in [6.07, 6.45) is 5.96. The van der Waals surface area contributed by atoms with Crippen LogP contribution in [-0.4, -0.2) is 29.2 Å². The normalized spacial score (nSPS) is 21.1. The van der Waals surface area contributed by atoms with Crippen LogP contribution in [0.25, 0.3) is 0 Å².